The summed E-state index contributed by atoms with van der Waals surface area (Å²) in [5.41, 5.74) is 0.816. The van der Waals surface area contributed by atoms with Crippen LogP contribution in [0.25, 0.3) is 10.1 Å². The van der Waals surface area contributed by atoms with Crippen LogP contribution in [0, 0.1) is 5.92 Å². The van der Waals surface area contributed by atoms with Crippen LogP contribution in [0.5, 0.6) is 0 Å². The molecule has 1 aliphatic heterocycles. The molecule has 3 rings (SSSR count). The van der Waals surface area contributed by atoms with Crippen molar-refractivity contribution in [2.24, 2.45) is 5.92 Å². The van der Waals surface area contributed by atoms with Crippen molar-refractivity contribution in [3.8, 4) is 0 Å². The number of rotatable bonds is 3. The van der Waals surface area contributed by atoms with Crippen molar-refractivity contribution in [3.05, 3.63) is 23.1 Å². The first-order chi connectivity index (χ1) is 10.8. The van der Waals surface area contributed by atoms with Gasteiger partial charge in [-0.1, -0.05) is 13.8 Å². The topological polar surface area (TPSA) is 66.5 Å². The smallest absolute Gasteiger partial charge is 0.263 e. The highest BCUT2D eigenvalue weighted by Gasteiger charge is 2.27. The second-order valence-electron chi connectivity index (χ2n) is 5.97. The fourth-order valence-corrected chi connectivity index (χ4v) is 4.70. The molecule has 0 aliphatic carbocycles. The van der Waals surface area contributed by atoms with E-state index in [9.17, 15) is 13.2 Å². The fourth-order valence-electron chi connectivity index (χ4n) is 2.80. The van der Waals surface area contributed by atoms with Crippen molar-refractivity contribution in [1.29, 1.82) is 0 Å². The number of carbonyl (C=O) groups excluding carboxylic acids is 1. The number of halogens is 1. The van der Waals surface area contributed by atoms with Gasteiger partial charge in [0.15, 0.2) is 0 Å². The minimum absolute atomic E-state index is 0.0569. The Morgan fingerprint density at radius 3 is 2.78 bits per heavy atom. The lowest BCUT2D eigenvalue weighted by atomic mass is 10.1. The van der Waals surface area contributed by atoms with Crippen LogP contribution in [0.2, 0.25) is 0 Å². The van der Waals surface area contributed by atoms with E-state index in [1.807, 2.05) is 0 Å². The molecule has 0 saturated carbocycles. The zero-order chi connectivity index (χ0) is 16.8. The second kappa shape index (κ2) is 5.96. The van der Waals surface area contributed by atoms with E-state index in [0.29, 0.717) is 23.9 Å². The van der Waals surface area contributed by atoms with Crippen LogP contribution in [0.4, 0.5) is 5.69 Å². The normalized spacial score (nSPS) is 15.7. The molecule has 1 aromatic heterocycles. The maximum absolute atomic E-state index is 12.3. The first kappa shape index (κ1) is 16.5. The van der Waals surface area contributed by atoms with E-state index in [4.69, 9.17) is 10.7 Å². The summed E-state index contributed by atoms with van der Waals surface area (Å²) in [7, 11) is 1.67. The highest BCUT2D eigenvalue weighted by atomic mass is 35.7. The van der Waals surface area contributed by atoms with Crippen LogP contribution in [0.1, 0.15) is 23.5 Å². The molecule has 1 aliphatic rings. The Bertz CT molecular complexity index is 874. The molecule has 0 unspecified atom stereocenters. The molecule has 0 spiro atoms. The molecule has 124 valence electrons. The van der Waals surface area contributed by atoms with Crippen LogP contribution >= 0.6 is 22.0 Å². The van der Waals surface area contributed by atoms with Gasteiger partial charge in [-0.15, -0.1) is 11.3 Å². The number of carbonyl (C=O) groups is 1. The molecular weight excluding hydrogens is 356 g/mol. The Morgan fingerprint density at radius 1 is 1.39 bits per heavy atom. The summed E-state index contributed by atoms with van der Waals surface area (Å²) in [4.78, 5) is 15.2. The predicted molar refractivity (Wildman–Crippen MR) is 94.2 cm³/mol. The summed E-state index contributed by atoms with van der Waals surface area (Å²) in [6.45, 7) is 6.29. The van der Waals surface area contributed by atoms with Crippen molar-refractivity contribution in [1.82, 2.24) is 5.32 Å². The lowest BCUT2D eigenvalue weighted by Crippen LogP contribution is -2.32. The molecule has 0 saturated heterocycles. The monoisotopic (exact) mass is 372 g/mol. The van der Waals surface area contributed by atoms with Crippen LogP contribution < -0.4 is 10.2 Å². The fraction of sp³-hybridized carbons (Fsp3) is 0.400. The molecule has 1 aromatic carbocycles. The van der Waals surface area contributed by atoms with Crippen LogP contribution in [-0.4, -0.2) is 34.0 Å². The van der Waals surface area contributed by atoms with Gasteiger partial charge in [0, 0.05) is 40.4 Å². The van der Waals surface area contributed by atoms with Gasteiger partial charge in [0.2, 0.25) is 0 Å². The summed E-state index contributed by atoms with van der Waals surface area (Å²) < 4.78 is 24.1. The largest absolute Gasteiger partial charge is 0.368 e. The van der Waals surface area contributed by atoms with Gasteiger partial charge >= 0.3 is 0 Å². The molecule has 23 heavy (non-hydrogen) atoms. The molecule has 0 radical (unpaired) electrons. The van der Waals surface area contributed by atoms with Crippen molar-refractivity contribution in [3.63, 3.8) is 0 Å². The third-order valence-corrected chi connectivity index (χ3v) is 6.20. The highest BCUT2D eigenvalue weighted by Crippen LogP contribution is 2.40. The molecule has 2 aromatic rings. The minimum Gasteiger partial charge on any atom is -0.368 e. The van der Waals surface area contributed by atoms with Gasteiger partial charge in [-0.25, -0.2) is 8.42 Å². The van der Waals surface area contributed by atoms with Gasteiger partial charge in [-0.05, 0) is 24.1 Å². The average Bonchev–Trinajstić information content (AvgIpc) is 2.76. The Labute approximate surface area is 143 Å². The third-order valence-electron chi connectivity index (χ3n) is 3.69. The Morgan fingerprint density at radius 2 is 2.13 bits per heavy atom. The quantitative estimate of drug-likeness (QED) is 0.841. The number of hydrogen-bond donors (Lipinski definition) is 1. The summed E-state index contributed by atoms with van der Waals surface area (Å²) in [6, 6.07) is 4.76. The van der Waals surface area contributed by atoms with Gasteiger partial charge in [0.05, 0.1) is 10.6 Å². The Hall–Kier alpha value is -1.31. The Kier molecular flexibility index (Phi) is 4.29. The molecule has 8 heteroatoms. The Balaban J connectivity index is 2.25. The first-order valence-electron chi connectivity index (χ1n) is 7.31. The third kappa shape index (κ3) is 3.18. The SMILES string of the molecule is CC(C)CN1CCNC(=O)c2sc3ccc(S(=O)(=O)Cl)cc3c21. The summed E-state index contributed by atoms with van der Waals surface area (Å²) >= 11 is 1.38. The molecule has 1 amide bonds. The van der Waals surface area contributed by atoms with E-state index >= 15 is 0 Å². The minimum atomic E-state index is -3.80. The maximum atomic E-state index is 12.3. The summed E-state index contributed by atoms with van der Waals surface area (Å²) in [6.07, 6.45) is 0. The standard InChI is InChI=1S/C15H17ClN2O3S2/c1-9(2)8-18-6-5-17-15(19)14-13(18)11-7-10(23(16,20)21)3-4-12(11)22-14/h3-4,7,9H,5-6,8H2,1-2H3,(H,17,19). The molecule has 0 fully saturated rings. The summed E-state index contributed by atoms with van der Waals surface area (Å²) in [5, 5.41) is 3.66. The number of hydrogen-bond acceptors (Lipinski definition) is 5. The van der Waals surface area contributed by atoms with Crippen LogP contribution in [-0.2, 0) is 9.05 Å². The predicted octanol–water partition coefficient (Wildman–Crippen LogP) is 3.03. The molecule has 2 heterocycles. The zero-order valence-corrected chi connectivity index (χ0v) is 15.2. The number of nitrogens with one attached hydrogen (secondary N) is 1. The van der Waals surface area contributed by atoms with E-state index in [2.05, 4.69) is 24.1 Å². The number of thiophene rings is 1. The van der Waals surface area contributed by atoms with E-state index in [-0.39, 0.29) is 10.8 Å². The molecular formula is C15H17ClN2O3S2. The van der Waals surface area contributed by atoms with Gasteiger partial charge in [0.25, 0.3) is 15.0 Å². The van der Waals surface area contributed by atoms with Gasteiger partial charge < -0.3 is 10.2 Å². The zero-order valence-electron chi connectivity index (χ0n) is 12.8. The molecule has 0 bridgehead atoms. The maximum Gasteiger partial charge on any atom is 0.263 e. The first-order valence-corrected chi connectivity index (χ1v) is 10.4. The second-order valence-corrected chi connectivity index (χ2v) is 9.59. The van der Waals surface area contributed by atoms with Crippen molar-refractivity contribution in [2.75, 3.05) is 24.5 Å². The number of amides is 1. The lowest BCUT2D eigenvalue weighted by Gasteiger charge is -2.25. The van der Waals surface area contributed by atoms with Gasteiger partial charge in [-0.2, -0.15) is 0 Å². The van der Waals surface area contributed by atoms with Crippen molar-refractivity contribution < 1.29 is 13.2 Å². The number of fused-ring (bicyclic) bond motifs is 3. The lowest BCUT2D eigenvalue weighted by molar-refractivity contribution is 0.0962. The van der Waals surface area contributed by atoms with E-state index in [0.717, 1.165) is 22.3 Å². The number of benzene rings is 1. The van der Waals surface area contributed by atoms with E-state index in [1.165, 1.54) is 17.4 Å². The van der Waals surface area contributed by atoms with E-state index < -0.39 is 9.05 Å². The molecule has 0 atom stereocenters. The molecule has 5 nitrogen and oxygen atoms in total. The van der Waals surface area contributed by atoms with Crippen molar-refractivity contribution in [2.45, 2.75) is 18.7 Å². The van der Waals surface area contributed by atoms with Gasteiger partial charge in [0.1, 0.15) is 4.88 Å². The summed E-state index contributed by atoms with van der Waals surface area (Å²) in [5.74, 6) is 0.314. The number of nitrogens with zero attached hydrogens (tertiary/aromatic N) is 1. The van der Waals surface area contributed by atoms with Crippen LogP contribution in [0.3, 0.4) is 0 Å². The van der Waals surface area contributed by atoms with Crippen molar-refractivity contribution >= 4 is 52.8 Å². The highest BCUT2D eigenvalue weighted by molar-refractivity contribution is 8.13. The average molecular weight is 373 g/mol. The molecule has 1 N–H and O–H groups in total. The van der Waals surface area contributed by atoms with E-state index in [1.54, 1.807) is 12.1 Å². The van der Waals surface area contributed by atoms with Crippen LogP contribution in [0.15, 0.2) is 23.1 Å². The van der Waals surface area contributed by atoms with Gasteiger partial charge in [-0.3, -0.25) is 4.79 Å². The number of anilines is 1.